The standard InChI is InChI=1S/C22H29ClN8O/c1-12-17(23)8-16(14(3)30-22-19(13(2)24)21(25)27-11-28-22)20(32-5)18(12)15-9-29-31(10-15)7-6-26-4/h8-11,14,24,26H,6-7H2,1-5H3,(H3,25,27,28,30). The van der Waals surface area contributed by atoms with Crippen molar-refractivity contribution >= 4 is 28.9 Å². The average molecular weight is 457 g/mol. The van der Waals surface area contributed by atoms with E-state index in [-0.39, 0.29) is 17.6 Å². The molecule has 1 aromatic carbocycles. The van der Waals surface area contributed by atoms with Gasteiger partial charge < -0.3 is 26.5 Å². The maximum Gasteiger partial charge on any atom is 0.141 e. The molecule has 10 heteroatoms. The van der Waals surface area contributed by atoms with E-state index in [4.69, 9.17) is 27.5 Å². The van der Waals surface area contributed by atoms with Crippen LogP contribution in [0.4, 0.5) is 11.6 Å². The Labute approximate surface area is 192 Å². The van der Waals surface area contributed by atoms with Gasteiger partial charge in [-0.15, -0.1) is 0 Å². The zero-order valence-electron chi connectivity index (χ0n) is 19.0. The zero-order valence-corrected chi connectivity index (χ0v) is 19.7. The molecule has 9 nitrogen and oxygen atoms in total. The molecule has 1 atom stereocenters. The highest BCUT2D eigenvalue weighted by atomic mass is 35.5. The number of hydrogen-bond donors (Lipinski definition) is 4. The van der Waals surface area contributed by atoms with Crippen molar-refractivity contribution in [3.8, 4) is 16.9 Å². The Morgan fingerprint density at radius 1 is 1.38 bits per heavy atom. The van der Waals surface area contributed by atoms with Gasteiger partial charge in [0.25, 0.3) is 0 Å². The topological polar surface area (TPSA) is 127 Å². The van der Waals surface area contributed by atoms with Crippen molar-refractivity contribution in [3.63, 3.8) is 0 Å². The largest absolute Gasteiger partial charge is 0.496 e. The lowest BCUT2D eigenvalue weighted by molar-refractivity contribution is 0.409. The van der Waals surface area contributed by atoms with Gasteiger partial charge in [-0.2, -0.15) is 5.10 Å². The Morgan fingerprint density at radius 2 is 2.12 bits per heavy atom. The number of nitrogens with zero attached hydrogens (tertiary/aromatic N) is 4. The molecular formula is C22H29ClN8O. The molecule has 0 spiro atoms. The van der Waals surface area contributed by atoms with Crippen molar-refractivity contribution in [1.29, 1.82) is 5.41 Å². The number of halogens is 1. The lowest BCUT2D eigenvalue weighted by Crippen LogP contribution is -2.15. The van der Waals surface area contributed by atoms with Gasteiger partial charge in [-0.3, -0.25) is 4.68 Å². The molecule has 0 aliphatic carbocycles. The summed E-state index contributed by atoms with van der Waals surface area (Å²) in [5.74, 6) is 1.44. The van der Waals surface area contributed by atoms with Gasteiger partial charge >= 0.3 is 0 Å². The summed E-state index contributed by atoms with van der Waals surface area (Å²) in [7, 11) is 3.55. The molecule has 2 aromatic heterocycles. The molecule has 0 saturated carbocycles. The number of rotatable bonds is 9. The van der Waals surface area contributed by atoms with Gasteiger partial charge in [-0.1, -0.05) is 11.6 Å². The number of aromatic nitrogens is 4. The third-order valence-electron chi connectivity index (χ3n) is 5.29. The van der Waals surface area contributed by atoms with Gasteiger partial charge in [-0.05, 0) is 39.4 Å². The van der Waals surface area contributed by atoms with Gasteiger partial charge in [-0.25, -0.2) is 9.97 Å². The van der Waals surface area contributed by atoms with E-state index in [9.17, 15) is 0 Å². The van der Waals surface area contributed by atoms with Gasteiger partial charge in [0, 0.05) is 40.2 Å². The van der Waals surface area contributed by atoms with E-state index in [1.165, 1.54) is 6.33 Å². The Morgan fingerprint density at radius 3 is 2.78 bits per heavy atom. The fourth-order valence-corrected chi connectivity index (χ4v) is 3.85. The maximum absolute atomic E-state index is 8.04. The van der Waals surface area contributed by atoms with Crippen LogP contribution in [0.1, 0.15) is 36.6 Å². The molecule has 0 amide bonds. The van der Waals surface area contributed by atoms with Gasteiger partial charge in [0.05, 0.1) is 31.5 Å². The molecule has 3 aromatic rings. The minimum absolute atomic E-state index is 0.242. The van der Waals surface area contributed by atoms with E-state index in [1.807, 2.05) is 44.0 Å². The summed E-state index contributed by atoms with van der Waals surface area (Å²) in [6.45, 7) is 7.16. The molecule has 5 N–H and O–H groups in total. The van der Waals surface area contributed by atoms with E-state index in [0.29, 0.717) is 22.2 Å². The van der Waals surface area contributed by atoms with Crippen LogP contribution in [0.2, 0.25) is 5.02 Å². The first-order valence-electron chi connectivity index (χ1n) is 10.2. The van der Waals surface area contributed by atoms with Crippen LogP contribution in [-0.2, 0) is 6.54 Å². The number of nitrogens with two attached hydrogens (primary N) is 1. The summed E-state index contributed by atoms with van der Waals surface area (Å²) in [5.41, 5.74) is 10.3. The molecule has 0 aliphatic rings. The number of nitrogens with one attached hydrogen (secondary N) is 3. The summed E-state index contributed by atoms with van der Waals surface area (Å²) in [5, 5.41) is 19.6. The highest BCUT2D eigenvalue weighted by molar-refractivity contribution is 6.32. The minimum atomic E-state index is -0.242. The van der Waals surface area contributed by atoms with E-state index in [2.05, 4.69) is 25.7 Å². The molecule has 0 radical (unpaired) electrons. The third-order valence-corrected chi connectivity index (χ3v) is 5.69. The lowest BCUT2D eigenvalue weighted by atomic mass is 9.95. The molecule has 0 bridgehead atoms. The second-order valence-corrected chi connectivity index (χ2v) is 7.96. The average Bonchev–Trinajstić information content (AvgIpc) is 3.21. The van der Waals surface area contributed by atoms with Crippen molar-refractivity contribution < 1.29 is 4.74 Å². The Kier molecular flexibility index (Phi) is 7.32. The molecule has 2 heterocycles. The van der Waals surface area contributed by atoms with Crippen molar-refractivity contribution in [3.05, 3.63) is 46.5 Å². The fourth-order valence-electron chi connectivity index (χ4n) is 3.64. The monoisotopic (exact) mass is 456 g/mol. The summed E-state index contributed by atoms with van der Waals surface area (Å²) in [6, 6.07) is 1.65. The van der Waals surface area contributed by atoms with E-state index in [0.717, 1.165) is 35.3 Å². The minimum Gasteiger partial charge on any atom is -0.496 e. The number of ether oxygens (including phenoxy) is 1. The van der Waals surface area contributed by atoms with Crippen molar-refractivity contribution in [2.75, 3.05) is 31.8 Å². The van der Waals surface area contributed by atoms with Crippen LogP contribution in [0.15, 0.2) is 24.8 Å². The predicted molar refractivity (Wildman–Crippen MR) is 129 cm³/mol. The highest BCUT2D eigenvalue weighted by Gasteiger charge is 2.23. The van der Waals surface area contributed by atoms with Gasteiger partial charge in [0.1, 0.15) is 23.7 Å². The van der Waals surface area contributed by atoms with Crippen LogP contribution >= 0.6 is 11.6 Å². The molecule has 170 valence electrons. The quantitative estimate of drug-likeness (QED) is 0.362. The molecular weight excluding hydrogens is 428 g/mol. The van der Waals surface area contributed by atoms with Crippen LogP contribution < -0.4 is 21.1 Å². The van der Waals surface area contributed by atoms with Crippen LogP contribution in [0.5, 0.6) is 5.75 Å². The smallest absolute Gasteiger partial charge is 0.141 e. The van der Waals surface area contributed by atoms with Crippen molar-refractivity contribution in [2.45, 2.75) is 33.4 Å². The Bertz CT molecular complexity index is 1130. The fraction of sp³-hybridized carbons (Fsp3) is 0.364. The zero-order chi connectivity index (χ0) is 23.4. The van der Waals surface area contributed by atoms with E-state index >= 15 is 0 Å². The van der Waals surface area contributed by atoms with Crippen LogP contribution in [-0.4, -0.2) is 46.2 Å². The van der Waals surface area contributed by atoms with E-state index in [1.54, 1.807) is 14.0 Å². The van der Waals surface area contributed by atoms with Crippen LogP contribution in [0.25, 0.3) is 11.1 Å². The molecule has 3 rings (SSSR count). The summed E-state index contributed by atoms with van der Waals surface area (Å²) >= 11 is 6.64. The number of nitrogen functional groups attached to an aromatic ring is 1. The normalized spacial score (nSPS) is 11.9. The Hall–Kier alpha value is -3.17. The maximum atomic E-state index is 8.04. The molecule has 0 fully saturated rings. The molecule has 1 unspecified atom stereocenters. The second-order valence-electron chi connectivity index (χ2n) is 7.55. The first-order valence-corrected chi connectivity index (χ1v) is 10.6. The summed E-state index contributed by atoms with van der Waals surface area (Å²) in [4.78, 5) is 8.30. The number of hydrogen-bond acceptors (Lipinski definition) is 8. The summed E-state index contributed by atoms with van der Waals surface area (Å²) in [6.07, 6.45) is 5.18. The van der Waals surface area contributed by atoms with Crippen LogP contribution in [0.3, 0.4) is 0 Å². The lowest BCUT2D eigenvalue weighted by Gasteiger charge is -2.23. The number of anilines is 2. The second kappa shape index (κ2) is 9.97. The molecule has 32 heavy (non-hydrogen) atoms. The van der Waals surface area contributed by atoms with Gasteiger partial charge in [0.15, 0.2) is 0 Å². The number of methoxy groups -OCH3 is 1. The number of likely N-dealkylation sites (N-methyl/N-ethyl adjacent to an activating group) is 1. The predicted octanol–water partition coefficient (Wildman–Crippen LogP) is 3.67. The van der Waals surface area contributed by atoms with E-state index < -0.39 is 0 Å². The molecule has 0 aliphatic heterocycles. The van der Waals surface area contributed by atoms with Crippen LogP contribution in [0, 0.1) is 12.3 Å². The number of benzene rings is 1. The van der Waals surface area contributed by atoms with Crippen molar-refractivity contribution in [1.82, 2.24) is 25.1 Å². The Balaban J connectivity index is 2.05. The highest BCUT2D eigenvalue weighted by Crippen LogP contribution is 2.42. The summed E-state index contributed by atoms with van der Waals surface area (Å²) < 4.78 is 7.75. The van der Waals surface area contributed by atoms with Crippen molar-refractivity contribution in [2.24, 2.45) is 0 Å². The SMILES string of the molecule is CNCCn1cc(-c2c(C)c(Cl)cc(C(C)Nc3ncnc(N)c3C(C)=N)c2OC)cn1. The first kappa shape index (κ1) is 23.5. The third kappa shape index (κ3) is 4.68. The molecule has 0 saturated heterocycles. The van der Waals surface area contributed by atoms with Gasteiger partial charge in [0.2, 0.25) is 0 Å². The first-order chi connectivity index (χ1) is 15.3.